The van der Waals surface area contributed by atoms with Gasteiger partial charge in [0.1, 0.15) is 4.32 Å². The Labute approximate surface area is 147 Å². The van der Waals surface area contributed by atoms with Gasteiger partial charge in [-0.25, -0.2) is 0 Å². The summed E-state index contributed by atoms with van der Waals surface area (Å²) in [5, 5.41) is 0. The summed E-state index contributed by atoms with van der Waals surface area (Å²) in [5.41, 5.74) is 3.53. The van der Waals surface area contributed by atoms with Crippen LogP contribution in [0.5, 0.6) is 0 Å². The third-order valence-electron chi connectivity index (χ3n) is 4.20. The third kappa shape index (κ3) is 3.35. The van der Waals surface area contributed by atoms with Crippen molar-refractivity contribution < 1.29 is 4.79 Å². The second-order valence-corrected chi connectivity index (χ2v) is 7.49. The molecular weight excluding hydrogens is 324 g/mol. The average molecular weight is 345 g/mol. The largest absolute Gasteiger partial charge is 0.372 e. The second-order valence-electron chi connectivity index (χ2n) is 5.82. The van der Waals surface area contributed by atoms with Crippen molar-refractivity contribution in [1.29, 1.82) is 0 Å². The number of benzene rings is 1. The molecule has 5 heteroatoms. The van der Waals surface area contributed by atoms with E-state index in [1.807, 2.05) is 6.08 Å². The van der Waals surface area contributed by atoms with Gasteiger partial charge in [-0.2, -0.15) is 0 Å². The monoisotopic (exact) mass is 344 g/mol. The molecule has 0 radical (unpaired) electrons. The summed E-state index contributed by atoms with van der Waals surface area (Å²) in [6, 6.07) is 6.46. The summed E-state index contributed by atoms with van der Waals surface area (Å²) in [7, 11) is 0. The van der Waals surface area contributed by atoms with Gasteiger partial charge in [-0.3, -0.25) is 9.69 Å². The minimum absolute atomic E-state index is 0.0251. The van der Waals surface area contributed by atoms with Crippen LogP contribution in [0.1, 0.15) is 24.0 Å². The highest BCUT2D eigenvalue weighted by atomic mass is 32.2. The Morgan fingerprint density at radius 3 is 2.74 bits per heavy atom. The van der Waals surface area contributed by atoms with Gasteiger partial charge in [0.15, 0.2) is 0 Å². The first-order chi connectivity index (χ1) is 11.1. The van der Waals surface area contributed by atoms with Crippen LogP contribution in [0.25, 0.3) is 6.08 Å². The van der Waals surface area contributed by atoms with Gasteiger partial charge in [-0.1, -0.05) is 36.1 Å². The lowest BCUT2D eigenvalue weighted by molar-refractivity contribution is -0.121. The molecule has 0 saturated carbocycles. The summed E-state index contributed by atoms with van der Waals surface area (Å²) in [4.78, 5) is 17.1. The van der Waals surface area contributed by atoms with Crippen LogP contribution in [-0.4, -0.2) is 34.8 Å². The van der Waals surface area contributed by atoms with Crippen LogP contribution in [-0.2, 0) is 4.79 Å². The van der Waals surface area contributed by atoms with Crippen LogP contribution < -0.4 is 4.90 Å². The highest BCUT2D eigenvalue weighted by Gasteiger charge is 2.31. The maximum atomic E-state index is 12.4. The molecule has 23 heavy (non-hydrogen) atoms. The Morgan fingerprint density at radius 2 is 2.09 bits per heavy atom. The van der Waals surface area contributed by atoms with Crippen LogP contribution in [0.3, 0.4) is 0 Å². The molecule has 0 atom stereocenters. The zero-order valence-electron chi connectivity index (χ0n) is 13.2. The van der Waals surface area contributed by atoms with Crippen molar-refractivity contribution in [2.75, 3.05) is 24.5 Å². The predicted octanol–water partition coefficient (Wildman–Crippen LogP) is 3.98. The highest BCUT2D eigenvalue weighted by molar-refractivity contribution is 8.26. The van der Waals surface area contributed by atoms with Gasteiger partial charge >= 0.3 is 0 Å². The smallest absolute Gasteiger partial charge is 0.266 e. The van der Waals surface area contributed by atoms with Gasteiger partial charge in [-0.05, 0) is 49.1 Å². The summed E-state index contributed by atoms with van der Waals surface area (Å²) in [5.74, 6) is -0.0251. The number of hydrogen-bond donors (Lipinski definition) is 0. The number of rotatable bonds is 4. The molecule has 0 spiro atoms. The zero-order valence-corrected chi connectivity index (χ0v) is 14.9. The summed E-state index contributed by atoms with van der Waals surface area (Å²) in [6.07, 6.45) is 6.19. The number of amides is 1. The van der Waals surface area contributed by atoms with E-state index in [0.29, 0.717) is 15.8 Å². The van der Waals surface area contributed by atoms with Gasteiger partial charge in [0, 0.05) is 25.3 Å². The van der Waals surface area contributed by atoms with Crippen molar-refractivity contribution in [3.8, 4) is 0 Å². The van der Waals surface area contributed by atoms with Gasteiger partial charge in [0.25, 0.3) is 5.91 Å². The van der Waals surface area contributed by atoms with Crippen LogP contribution in [0.15, 0.2) is 35.8 Å². The number of thioether (sulfide) groups is 1. The SMILES string of the molecule is C=CCN1C(=O)/C(=C/c2ccc(N3CCCC3)cc2C)SC1=S. The van der Waals surface area contributed by atoms with Crippen molar-refractivity contribution in [3.63, 3.8) is 0 Å². The molecule has 2 aliphatic rings. The highest BCUT2D eigenvalue weighted by Crippen LogP contribution is 2.33. The van der Waals surface area contributed by atoms with E-state index in [2.05, 4.69) is 36.6 Å². The Balaban J connectivity index is 1.83. The number of anilines is 1. The predicted molar refractivity (Wildman–Crippen MR) is 103 cm³/mol. The molecule has 2 aliphatic heterocycles. The molecule has 2 heterocycles. The fraction of sp³-hybridized carbons (Fsp3) is 0.333. The quantitative estimate of drug-likeness (QED) is 0.468. The van der Waals surface area contributed by atoms with Gasteiger partial charge in [0.2, 0.25) is 0 Å². The van der Waals surface area contributed by atoms with Crippen LogP contribution in [0, 0.1) is 6.92 Å². The lowest BCUT2D eigenvalue weighted by Crippen LogP contribution is -2.27. The standard InChI is InChI=1S/C18H20N2OS2/c1-3-8-20-17(21)16(23-18(20)22)12-14-6-7-15(11-13(14)2)19-9-4-5-10-19/h3,6-7,11-12H,1,4-5,8-10H2,2H3/b16-12-. The van der Waals surface area contributed by atoms with Gasteiger partial charge < -0.3 is 4.90 Å². The lowest BCUT2D eigenvalue weighted by atomic mass is 10.1. The molecule has 2 saturated heterocycles. The molecule has 1 aromatic rings. The van der Waals surface area contributed by atoms with E-state index in [9.17, 15) is 4.79 Å². The molecule has 0 aliphatic carbocycles. The van der Waals surface area contributed by atoms with E-state index in [1.54, 1.807) is 11.0 Å². The lowest BCUT2D eigenvalue weighted by Gasteiger charge is -2.18. The topological polar surface area (TPSA) is 23.6 Å². The zero-order chi connectivity index (χ0) is 16.4. The van der Waals surface area contributed by atoms with Gasteiger partial charge in [0.05, 0.1) is 4.91 Å². The minimum Gasteiger partial charge on any atom is -0.372 e. The van der Waals surface area contributed by atoms with Crippen LogP contribution >= 0.6 is 24.0 Å². The number of carbonyl (C=O) groups is 1. The van der Waals surface area contributed by atoms with E-state index >= 15 is 0 Å². The summed E-state index contributed by atoms with van der Waals surface area (Å²) in [6.45, 7) is 8.51. The normalized spacial score (nSPS) is 20.0. The van der Waals surface area contributed by atoms with Crippen molar-refractivity contribution in [2.24, 2.45) is 0 Å². The minimum atomic E-state index is -0.0251. The van der Waals surface area contributed by atoms with E-state index < -0.39 is 0 Å². The van der Waals surface area contributed by atoms with Crippen molar-refractivity contribution >= 4 is 46.0 Å². The summed E-state index contributed by atoms with van der Waals surface area (Å²) < 4.78 is 0.604. The molecular formula is C18H20N2OS2. The third-order valence-corrected chi connectivity index (χ3v) is 5.57. The maximum Gasteiger partial charge on any atom is 0.266 e. The number of aryl methyl sites for hydroxylation is 1. The molecule has 0 aromatic heterocycles. The molecule has 1 aromatic carbocycles. The second kappa shape index (κ2) is 6.89. The van der Waals surface area contributed by atoms with E-state index in [0.717, 1.165) is 18.7 Å². The Hall–Kier alpha value is -1.59. The molecule has 3 nitrogen and oxygen atoms in total. The Bertz CT molecular complexity index is 690. The van der Waals surface area contributed by atoms with Crippen molar-refractivity contribution in [3.05, 3.63) is 46.9 Å². The number of hydrogen-bond acceptors (Lipinski definition) is 4. The van der Waals surface area contributed by atoms with Crippen molar-refractivity contribution in [1.82, 2.24) is 4.90 Å². The molecule has 3 rings (SSSR count). The molecule has 0 unspecified atom stereocenters. The molecule has 2 fully saturated rings. The molecule has 1 amide bonds. The molecule has 0 N–H and O–H groups in total. The fourth-order valence-corrected chi connectivity index (χ4v) is 4.19. The van der Waals surface area contributed by atoms with E-state index in [4.69, 9.17) is 12.2 Å². The first-order valence-corrected chi connectivity index (χ1v) is 9.04. The molecule has 0 bridgehead atoms. The number of thiocarbonyl (C=S) groups is 1. The van der Waals surface area contributed by atoms with Gasteiger partial charge in [-0.15, -0.1) is 6.58 Å². The van der Waals surface area contributed by atoms with E-state index in [-0.39, 0.29) is 5.91 Å². The van der Waals surface area contributed by atoms with Crippen LogP contribution in [0.2, 0.25) is 0 Å². The average Bonchev–Trinajstić information content (AvgIpc) is 3.14. The number of nitrogens with zero attached hydrogens (tertiary/aromatic N) is 2. The first kappa shape index (κ1) is 16.3. The van der Waals surface area contributed by atoms with Crippen molar-refractivity contribution in [2.45, 2.75) is 19.8 Å². The Kier molecular flexibility index (Phi) is 4.87. The summed E-state index contributed by atoms with van der Waals surface area (Å²) >= 11 is 6.64. The van der Waals surface area contributed by atoms with E-state index in [1.165, 1.54) is 35.9 Å². The maximum absolute atomic E-state index is 12.4. The number of carbonyl (C=O) groups excluding carboxylic acids is 1. The first-order valence-electron chi connectivity index (χ1n) is 7.82. The molecule has 120 valence electrons. The Morgan fingerprint density at radius 1 is 1.35 bits per heavy atom. The fourth-order valence-electron chi connectivity index (χ4n) is 2.92. The van der Waals surface area contributed by atoms with Crippen LogP contribution in [0.4, 0.5) is 5.69 Å².